The van der Waals surface area contributed by atoms with E-state index < -0.39 is 0 Å². The first-order valence-electron chi connectivity index (χ1n) is 8.35. The van der Waals surface area contributed by atoms with Gasteiger partial charge in [0.15, 0.2) is 0 Å². The lowest BCUT2D eigenvalue weighted by Gasteiger charge is -2.26. The topological polar surface area (TPSA) is 38.3 Å². The van der Waals surface area contributed by atoms with Crippen molar-refractivity contribution in [3.63, 3.8) is 0 Å². The average Bonchev–Trinajstić information content (AvgIpc) is 2.81. The molecule has 0 spiro atoms. The SMILES string of the molecule is O=C(NCC1CCc2ccccc2O1)C1CCCCCC1. The number of hydrogen-bond donors (Lipinski definition) is 1. The largest absolute Gasteiger partial charge is 0.488 e. The van der Waals surface area contributed by atoms with Crippen molar-refractivity contribution in [1.82, 2.24) is 5.32 Å². The van der Waals surface area contributed by atoms with Crippen LogP contribution in [0.5, 0.6) is 5.75 Å². The predicted molar refractivity (Wildman–Crippen MR) is 83.4 cm³/mol. The Morgan fingerprint density at radius 2 is 1.86 bits per heavy atom. The molecule has 114 valence electrons. The summed E-state index contributed by atoms with van der Waals surface area (Å²) in [5.74, 6) is 1.44. The third-order valence-corrected chi connectivity index (χ3v) is 4.73. The molecule has 1 N–H and O–H groups in total. The van der Waals surface area contributed by atoms with Gasteiger partial charge >= 0.3 is 0 Å². The second kappa shape index (κ2) is 6.97. The summed E-state index contributed by atoms with van der Waals surface area (Å²) in [6, 6.07) is 8.20. The molecule has 1 saturated carbocycles. The van der Waals surface area contributed by atoms with Crippen LogP contribution in [0.15, 0.2) is 24.3 Å². The molecule has 3 heteroatoms. The molecule has 1 atom stereocenters. The van der Waals surface area contributed by atoms with Crippen LogP contribution in [0.4, 0.5) is 0 Å². The third kappa shape index (κ3) is 3.78. The van der Waals surface area contributed by atoms with Crippen LogP contribution >= 0.6 is 0 Å². The van der Waals surface area contributed by atoms with E-state index >= 15 is 0 Å². The molecule has 1 aliphatic carbocycles. The van der Waals surface area contributed by atoms with Gasteiger partial charge in [-0.25, -0.2) is 0 Å². The Labute approximate surface area is 127 Å². The van der Waals surface area contributed by atoms with Gasteiger partial charge in [0.05, 0.1) is 6.54 Å². The Hall–Kier alpha value is -1.51. The lowest BCUT2D eigenvalue weighted by Crippen LogP contribution is -2.39. The van der Waals surface area contributed by atoms with Crippen molar-refractivity contribution in [3.8, 4) is 5.75 Å². The predicted octanol–water partition coefficient (Wildman–Crippen LogP) is 3.47. The molecule has 3 rings (SSSR count). The summed E-state index contributed by atoms with van der Waals surface area (Å²) in [4.78, 5) is 12.3. The van der Waals surface area contributed by atoms with E-state index in [0.29, 0.717) is 6.54 Å². The third-order valence-electron chi connectivity index (χ3n) is 4.73. The monoisotopic (exact) mass is 287 g/mol. The van der Waals surface area contributed by atoms with E-state index in [4.69, 9.17) is 4.74 Å². The zero-order valence-electron chi connectivity index (χ0n) is 12.6. The van der Waals surface area contributed by atoms with Gasteiger partial charge in [0, 0.05) is 5.92 Å². The number of para-hydroxylation sites is 1. The molecule has 1 aliphatic heterocycles. The molecule has 1 heterocycles. The van der Waals surface area contributed by atoms with Gasteiger partial charge in [-0.05, 0) is 37.3 Å². The fraction of sp³-hybridized carbons (Fsp3) is 0.611. The standard InChI is InChI=1S/C18H25NO2/c20-18(15-8-3-1-2-4-9-15)19-13-16-12-11-14-7-5-6-10-17(14)21-16/h5-7,10,15-16H,1-4,8-9,11-13H2,(H,19,20). The number of aryl methyl sites for hydroxylation is 1. The molecular weight excluding hydrogens is 262 g/mol. The minimum absolute atomic E-state index is 0.120. The summed E-state index contributed by atoms with van der Waals surface area (Å²) in [6.07, 6.45) is 9.23. The van der Waals surface area contributed by atoms with Crippen LogP contribution in [0.2, 0.25) is 0 Å². The van der Waals surface area contributed by atoms with E-state index in [1.807, 2.05) is 12.1 Å². The number of carbonyl (C=O) groups is 1. The fourth-order valence-corrected chi connectivity index (χ4v) is 3.42. The maximum absolute atomic E-state index is 12.3. The van der Waals surface area contributed by atoms with Gasteiger partial charge in [-0.3, -0.25) is 4.79 Å². The number of rotatable bonds is 3. The van der Waals surface area contributed by atoms with Crippen molar-refractivity contribution < 1.29 is 9.53 Å². The smallest absolute Gasteiger partial charge is 0.223 e. The van der Waals surface area contributed by atoms with Crippen molar-refractivity contribution in [2.75, 3.05) is 6.54 Å². The van der Waals surface area contributed by atoms with Gasteiger partial charge in [-0.2, -0.15) is 0 Å². The van der Waals surface area contributed by atoms with Gasteiger partial charge < -0.3 is 10.1 Å². The quantitative estimate of drug-likeness (QED) is 0.865. The highest BCUT2D eigenvalue weighted by atomic mass is 16.5. The first-order valence-corrected chi connectivity index (χ1v) is 8.35. The van der Waals surface area contributed by atoms with Crippen molar-refractivity contribution >= 4 is 5.91 Å². The lowest BCUT2D eigenvalue weighted by atomic mass is 9.99. The van der Waals surface area contributed by atoms with Crippen molar-refractivity contribution in [1.29, 1.82) is 0 Å². The second-order valence-corrected chi connectivity index (χ2v) is 6.32. The van der Waals surface area contributed by atoms with Gasteiger partial charge in [0.25, 0.3) is 0 Å². The summed E-state index contributed by atoms with van der Waals surface area (Å²) in [7, 11) is 0. The minimum atomic E-state index is 0.120. The molecule has 21 heavy (non-hydrogen) atoms. The van der Waals surface area contributed by atoms with E-state index in [0.717, 1.165) is 31.4 Å². The summed E-state index contributed by atoms with van der Waals surface area (Å²) in [5.41, 5.74) is 1.28. The van der Waals surface area contributed by atoms with Gasteiger partial charge in [-0.1, -0.05) is 43.9 Å². The van der Waals surface area contributed by atoms with E-state index in [1.165, 1.54) is 31.2 Å². The second-order valence-electron chi connectivity index (χ2n) is 6.32. The van der Waals surface area contributed by atoms with Gasteiger partial charge in [-0.15, -0.1) is 0 Å². The van der Waals surface area contributed by atoms with E-state index in [1.54, 1.807) is 0 Å². The van der Waals surface area contributed by atoms with Crippen molar-refractivity contribution in [2.45, 2.75) is 57.5 Å². The van der Waals surface area contributed by atoms with Crippen LogP contribution in [0.1, 0.15) is 50.5 Å². The summed E-state index contributed by atoms with van der Waals surface area (Å²) >= 11 is 0. The van der Waals surface area contributed by atoms with Gasteiger partial charge in [0.1, 0.15) is 11.9 Å². The number of amides is 1. The molecule has 2 aliphatic rings. The number of fused-ring (bicyclic) bond motifs is 1. The van der Waals surface area contributed by atoms with E-state index in [2.05, 4.69) is 17.4 Å². The fourth-order valence-electron chi connectivity index (χ4n) is 3.42. The maximum atomic E-state index is 12.3. The Morgan fingerprint density at radius 3 is 2.67 bits per heavy atom. The highest BCUT2D eigenvalue weighted by molar-refractivity contribution is 5.78. The number of benzene rings is 1. The molecule has 1 fully saturated rings. The van der Waals surface area contributed by atoms with Crippen LogP contribution in [0.25, 0.3) is 0 Å². The molecule has 0 saturated heterocycles. The van der Waals surface area contributed by atoms with Crippen molar-refractivity contribution in [3.05, 3.63) is 29.8 Å². The highest BCUT2D eigenvalue weighted by Crippen LogP contribution is 2.27. The Bertz CT molecular complexity index is 478. The van der Waals surface area contributed by atoms with Crippen LogP contribution < -0.4 is 10.1 Å². The highest BCUT2D eigenvalue weighted by Gasteiger charge is 2.23. The molecular formula is C18H25NO2. The van der Waals surface area contributed by atoms with Crippen molar-refractivity contribution in [2.24, 2.45) is 5.92 Å². The number of ether oxygens (including phenoxy) is 1. The molecule has 0 radical (unpaired) electrons. The first kappa shape index (κ1) is 14.4. The molecule has 1 unspecified atom stereocenters. The molecule has 0 aromatic heterocycles. The normalized spacial score (nSPS) is 22.8. The summed E-state index contributed by atoms with van der Waals surface area (Å²) in [6.45, 7) is 0.643. The molecule has 3 nitrogen and oxygen atoms in total. The first-order chi connectivity index (χ1) is 10.3. The zero-order valence-corrected chi connectivity index (χ0v) is 12.6. The molecule has 1 aromatic rings. The summed E-state index contributed by atoms with van der Waals surface area (Å²) in [5, 5.41) is 3.12. The number of nitrogens with one attached hydrogen (secondary N) is 1. The van der Waals surface area contributed by atoms with Crippen LogP contribution in [0.3, 0.4) is 0 Å². The zero-order chi connectivity index (χ0) is 14.5. The minimum Gasteiger partial charge on any atom is -0.488 e. The van der Waals surface area contributed by atoms with Crippen LogP contribution in [-0.4, -0.2) is 18.6 Å². The Morgan fingerprint density at radius 1 is 1.10 bits per heavy atom. The molecule has 0 bridgehead atoms. The number of carbonyl (C=O) groups excluding carboxylic acids is 1. The van der Waals surface area contributed by atoms with Crippen LogP contribution in [-0.2, 0) is 11.2 Å². The maximum Gasteiger partial charge on any atom is 0.223 e. The average molecular weight is 287 g/mol. The van der Waals surface area contributed by atoms with Crippen LogP contribution in [0, 0.1) is 5.92 Å². The molecule has 1 amide bonds. The van der Waals surface area contributed by atoms with Gasteiger partial charge in [0.2, 0.25) is 5.91 Å². The Kier molecular flexibility index (Phi) is 4.79. The molecule has 1 aromatic carbocycles. The summed E-state index contributed by atoms with van der Waals surface area (Å²) < 4.78 is 5.98. The van der Waals surface area contributed by atoms with E-state index in [9.17, 15) is 4.79 Å². The Balaban J connectivity index is 1.48. The van der Waals surface area contributed by atoms with E-state index in [-0.39, 0.29) is 17.9 Å². The lowest BCUT2D eigenvalue weighted by molar-refractivity contribution is -0.125. The number of hydrogen-bond acceptors (Lipinski definition) is 2.